The summed E-state index contributed by atoms with van der Waals surface area (Å²) in [5.74, 6) is 1.84. The minimum Gasteiger partial charge on any atom is -0.497 e. The van der Waals surface area contributed by atoms with Gasteiger partial charge in [0, 0.05) is 35.4 Å². The lowest BCUT2D eigenvalue weighted by Crippen LogP contribution is -2.39. The molecule has 1 fully saturated rings. The molecule has 33 heavy (non-hydrogen) atoms. The Kier molecular flexibility index (Phi) is 7.69. The minimum atomic E-state index is 0. The summed E-state index contributed by atoms with van der Waals surface area (Å²) in [4.78, 5) is 5.06. The van der Waals surface area contributed by atoms with Crippen molar-refractivity contribution in [2.75, 3.05) is 31.6 Å². The monoisotopic (exact) mass is 484 g/mol. The van der Waals surface area contributed by atoms with E-state index in [1.165, 1.54) is 24.0 Å². The average molecular weight is 485 g/mol. The van der Waals surface area contributed by atoms with Crippen molar-refractivity contribution in [3.05, 3.63) is 82.9 Å². The molecule has 0 unspecified atom stereocenters. The highest BCUT2D eigenvalue weighted by molar-refractivity contribution is 6.30. The van der Waals surface area contributed by atoms with Gasteiger partial charge in [0.15, 0.2) is 0 Å². The van der Waals surface area contributed by atoms with Gasteiger partial charge in [-0.3, -0.25) is 4.90 Å². The van der Waals surface area contributed by atoms with Gasteiger partial charge in [0.2, 0.25) is 0 Å². The number of ether oxygens (including phenoxy) is 2. The molecule has 0 radical (unpaired) electrons. The van der Waals surface area contributed by atoms with Crippen LogP contribution in [0.25, 0.3) is 0 Å². The molecule has 6 heteroatoms. The number of benzene rings is 3. The summed E-state index contributed by atoms with van der Waals surface area (Å²) in [5.41, 5.74) is 4.80. The van der Waals surface area contributed by atoms with Crippen molar-refractivity contribution >= 4 is 35.4 Å². The van der Waals surface area contributed by atoms with E-state index in [-0.39, 0.29) is 12.4 Å². The van der Waals surface area contributed by atoms with E-state index in [1.54, 1.807) is 7.11 Å². The van der Waals surface area contributed by atoms with E-state index < -0.39 is 0 Å². The third-order valence-corrected chi connectivity index (χ3v) is 6.85. The van der Waals surface area contributed by atoms with Crippen LogP contribution in [0.2, 0.25) is 5.02 Å². The van der Waals surface area contributed by atoms with Crippen molar-refractivity contribution in [1.82, 2.24) is 4.90 Å². The van der Waals surface area contributed by atoms with Crippen molar-refractivity contribution in [2.24, 2.45) is 0 Å². The largest absolute Gasteiger partial charge is 0.497 e. The maximum atomic E-state index is 6.42. The van der Waals surface area contributed by atoms with Gasteiger partial charge >= 0.3 is 0 Å². The summed E-state index contributed by atoms with van der Waals surface area (Å²) in [6, 6.07) is 23.4. The first-order valence-corrected chi connectivity index (χ1v) is 11.7. The van der Waals surface area contributed by atoms with Crippen LogP contribution >= 0.6 is 24.0 Å². The number of anilines is 2. The van der Waals surface area contributed by atoms with E-state index in [9.17, 15) is 0 Å². The number of para-hydroxylation sites is 2. The van der Waals surface area contributed by atoms with Crippen LogP contribution in [0.15, 0.2) is 66.7 Å². The fourth-order valence-electron chi connectivity index (χ4n) is 4.87. The van der Waals surface area contributed by atoms with Crippen LogP contribution in [0.5, 0.6) is 11.5 Å². The zero-order valence-electron chi connectivity index (χ0n) is 18.9. The standard InChI is InChI=1S/C27H29ClN2O2.ClH/c1-31-24-12-8-20(9-13-24)14-16-29-15-4-5-23(29)18-30-25-6-2-3-7-27(25)32-19-21-10-11-22(28)17-26(21)30;/h2-3,6-13,17,23H,4-5,14-16,18-19H2,1H3;1H/t23-;/m1./s1. The predicted octanol–water partition coefficient (Wildman–Crippen LogP) is 6.51. The second kappa shape index (κ2) is 10.7. The van der Waals surface area contributed by atoms with Gasteiger partial charge in [-0.05, 0) is 67.8 Å². The van der Waals surface area contributed by atoms with E-state index in [1.807, 2.05) is 24.3 Å². The lowest BCUT2D eigenvalue weighted by Gasteiger charge is -2.33. The Morgan fingerprint density at radius 1 is 1.03 bits per heavy atom. The fraction of sp³-hybridized carbons (Fsp3) is 0.333. The topological polar surface area (TPSA) is 24.9 Å². The van der Waals surface area contributed by atoms with E-state index in [0.29, 0.717) is 12.6 Å². The van der Waals surface area contributed by atoms with Crippen LogP contribution in [0.3, 0.4) is 0 Å². The first-order chi connectivity index (χ1) is 15.7. The number of hydrogen-bond acceptors (Lipinski definition) is 4. The molecule has 0 bridgehead atoms. The zero-order valence-corrected chi connectivity index (χ0v) is 20.4. The first kappa shape index (κ1) is 23.7. The van der Waals surface area contributed by atoms with Crippen molar-refractivity contribution in [3.8, 4) is 11.5 Å². The highest BCUT2D eigenvalue weighted by Gasteiger charge is 2.30. The van der Waals surface area contributed by atoms with Gasteiger partial charge < -0.3 is 14.4 Å². The predicted molar refractivity (Wildman–Crippen MR) is 138 cm³/mol. The van der Waals surface area contributed by atoms with E-state index in [4.69, 9.17) is 21.1 Å². The van der Waals surface area contributed by atoms with Gasteiger partial charge in [-0.25, -0.2) is 0 Å². The van der Waals surface area contributed by atoms with Crippen molar-refractivity contribution in [1.29, 1.82) is 0 Å². The molecule has 0 spiro atoms. The van der Waals surface area contributed by atoms with Crippen LogP contribution in [-0.2, 0) is 13.0 Å². The Hall–Kier alpha value is -2.40. The Bertz CT molecular complexity index is 1070. The summed E-state index contributed by atoms with van der Waals surface area (Å²) >= 11 is 6.42. The Balaban J connectivity index is 0.00000259. The van der Waals surface area contributed by atoms with Gasteiger partial charge in [-0.1, -0.05) is 41.9 Å². The molecule has 0 N–H and O–H groups in total. The van der Waals surface area contributed by atoms with Crippen molar-refractivity contribution < 1.29 is 9.47 Å². The summed E-state index contributed by atoms with van der Waals surface area (Å²) in [5, 5.41) is 0.760. The second-order valence-electron chi connectivity index (χ2n) is 8.57. The summed E-state index contributed by atoms with van der Waals surface area (Å²) in [6.07, 6.45) is 3.49. The van der Waals surface area contributed by atoms with E-state index >= 15 is 0 Å². The molecular formula is C27H30Cl2N2O2. The third-order valence-electron chi connectivity index (χ3n) is 6.62. The quantitative estimate of drug-likeness (QED) is 0.398. The number of rotatable bonds is 6. The fourth-order valence-corrected chi connectivity index (χ4v) is 5.03. The number of methoxy groups -OCH3 is 1. The molecular weight excluding hydrogens is 455 g/mol. The maximum absolute atomic E-state index is 6.42. The second-order valence-corrected chi connectivity index (χ2v) is 9.01. The van der Waals surface area contributed by atoms with Gasteiger partial charge in [0.25, 0.3) is 0 Å². The highest BCUT2D eigenvalue weighted by atomic mass is 35.5. The summed E-state index contributed by atoms with van der Waals surface area (Å²) < 4.78 is 11.4. The van der Waals surface area contributed by atoms with Gasteiger partial charge in [-0.2, -0.15) is 0 Å². The highest BCUT2D eigenvalue weighted by Crippen LogP contribution is 2.41. The molecule has 0 amide bonds. The van der Waals surface area contributed by atoms with Gasteiger partial charge in [0.05, 0.1) is 12.8 Å². The summed E-state index contributed by atoms with van der Waals surface area (Å²) in [7, 11) is 1.71. The van der Waals surface area contributed by atoms with Crippen molar-refractivity contribution in [3.63, 3.8) is 0 Å². The Morgan fingerprint density at radius 2 is 1.85 bits per heavy atom. The lowest BCUT2D eigenvalue weighted by atomic mass is 10.1. The molecule has 5 rings (SSSR count). The third kappa shape index (κ3) is 5.24. The normalized spacial score (nSPS) is 17.4. The zero-order chi connectivity index (χ0) is 21.9. The number of halogens is 2. The molecule has 3 aromatic rings. The Morgan fingerprint density at radius 3 is 2.67 bits per heavy atom. The maximum Gasteiger partial charge on any atom is 0.143 e. The molecule has 1 atom stereocenters. The van der Waals surface area contributed by atoms with Gasteiger partial charge in [-0.15, -0.1) is 12.4 Å². The molecule has 0 aromatic heterocycles. The smallest absolute Gasteiger partial charge is 0.143 e. The molecule has 0 saturated carbocycles. The van der Waals surface area contributed by atoms with Crippen molar-refractivity contribution in [2.45, 2.75) is 31.9 Å². The van der Waals surface area contributed by atoms with Crippen LogP contribution < -0.4 is 14.4 Å². The van der Waals surface area contributed by atoms with Crippen LogP contribution in [0.1, 0.15) is 24.0 Å². The molecule has 4 nitrogen and oxygen atoms in total. The van der Waals surface area contributed by atoms with Crippen LogP contribution in [0, 0.1) is 0 Å². The molecule has 3 aromatic carbocycles. The number of nitrogens with zero attached hydrogens (tertiary/aromatic N) is 2. The van der Waals surface area contributed by atoms with Crippen LogP contribution in [-0.4, -0.2) is 37.7 Å². The lowest BCUT2D eigenvalue weighted by molar-refractivity contribution is 0.261. The molecule has 174 valence electrons. The average Bonchev–Trinajstić information content (AvgIpc) is 3.21. The molecule has 0 aliphatic carbocycles. The Labute approximate surface area is 207 Å². The number of hydrogen-bond donors (Lipinski definition) is 0. The first-order valence-electron chi connectivity index (χ1n) is 11.4. The van der Waals surface area contributed by atoms with Gasteiger partial charge in [0.1, 0.15) is 18.1 Å². The number of fused-ring (bicyclic) bond motifs is 2. The molecule has 2 heterocycles. The number of likely N-dealkylation sites (tertiary alicyclic amines) is 1. The van der Waals surface area contributed by atoms with E-state index in [2.05, 4.69) is 52.3 Å². The summed E-state index contributed by atoms with van der Waals surface area (Å²) in [6.45, 7) is 3.70. The SMILES string of the molecule is COc1ccc(CCN2CCC[C@@H]2CN2c3cc(Cl)ccc3COc3ccccc32)cc1.Cl. The molecule has 2 aliphatic heterocycles. The molecule has 1 saturated heterocycles. The minimum absolute atomic E-state index is 0. The molecule has 2 aliphatic rings. The van der Waals surface area contributed by atoms with Crippen LogP contribution in [0.4, 0.5) is 11.4 Å². The van der Waals surface area contributed by atoms with E-state index in [0.717, 1.165) is 54.0 Å².